The molecule has 1 fully saturated rings. The zero-order chi connectivity index (χ0) is 13.4. The molecule has 3 nitrogen and oxygen atoms in total. The molecule has 1 aliphatic rings. The van der Waals surface area contributed by atoms with E-state index in [1.165, 1.54) is 0 Å². The standard InChI is InChI=1S/C16H17NO2/c1-10-3-4-12-9-13(5-6-15(12)17-10)16(18)14-7-8-19-11(14)2/h3-6,9,11,14H,7-8H2,1-2H3. The molecule has 0 radical (unpaired) electrons. The van der Waals surface area contributed by atoms with Crippen molar-refractivity contribution in [3.05, 3.63) is 41.6 Å². The Balaban J connectivity index is 1.97. The van der Waals surface area contributed by atoms with Crippen LogP contribution in [0.25, 0.3) is 10.9 Å². The summed E-state index contributed by atoms with van der Waals surface area (Å²) in [5.74, 6) is 0.184. The highest BCUT2D eigenvalue weighted by Crippen LogP contribution is 2.26. The van der Waals surface area contributed by atoms with E-state index in [0.717, 1.165) is 28.6 Å². The fraction of sp³-hybridized carbons (Fsp3) is 0.375. The largest absolute Gasteiger partial charge is 0.378 e. The Labute approximate surface area is 112 Å². The number of pyridine rings is 1. The molecule has 2 atom stereocenters. The van der Waals surface area contributed by atoms with E-state index in [4.69, 9.17) is 4.74 Å². The second kappa shape index (κ2) is 4.74. The van der Waals surface area contributed by atoms with E-state index in [9.17, 15) is 4.79 Å². The number of carbonyl (C=O) groups is 1. The number of rotatable bonds is 2. The fourth-order valence-electron chi connectivity index (χ4n) is 2.67. The molecule has 0 N–H and O–H groups in total. The number of ether oxygens (including phenoxy) is 1. The van der Waals surface area contributed by atoms with Gasteiger partial charge >= 0.3 is 0 Å². The minimum absolute atomic E-state index is 0.00384. The van der Waals surface area contributed by atoms with Gasteiger partial charge < -0.3 is 4.74 Å². The molecule has 0 aliphatic carbocycles. The highest BCUT2D eigenvalue weighted by Gasteiger charge is 2.31. The summed E-state index contributed by atoms with van der Waals surface area (Å²) in [5.41, 5.74) is 2.69. The minimum atomic E-state index is -0.00384. The van der Waals surface area contributed by atoms with Crippen molar-refractivity contribution in [1.29, 1.82) is 0 Å². The van der Waals surface area contributed by atoms with Crippen LogP contribution in [-0.2, 0) is 4.74 Å². The third-order valence-electron chi connectivity index (χ3n) is 3.83. The number of hydrogen-bond donors (Lipinski definition) is 0. The van der Waals surface area contributed by atoms with Gasteiger partial charge in [-0.3, -0.25) is 9.78 Å². The normalized spacial score (nSPS) is 22.8. The molecule has 1 aromatic heterocycles. The number of aromatic nitrogens is 1. The molecule has 0 spiro atoms. The lowest BCUT2D eigenvalue weighted by Gasteiger charge is -2.13. The number of nitrogens with zero attached hydrogens (tertiary/aromatic N) is 1. The second-order valence-electron chi connectivity index (χ2n) is 5.20. The maximum atomic E-state index is 12.5. The Morgan fingerprint density at radius 2 is 2.16 bits per heavy atom. The summed E-state index contributed by atoms with van der Waals surface area (Å²) in [5, 5.41) is 1.02. The molecule has 0 bridgehead atoms. The van der Waals surface area contributed by atoms with Crippen LogP contribution in [0, 0.1) is 12.8 Å². The minimum Gasteiger partial charge on any atom is -0.378 e. The first-order valence-electron chi connectivity index (χ1n) is 6.68. The summed E-state index contributed by atoms with van der Waals surface area (Å²) in [6.45, 7) is 4.63. The molecule has 3 rings (SSSR count). The summed E-state index contributed by atoms with van der Waals surface area (Å²) in [6.07, 6.45) is 0.851. The number of fused-ring (bicyclic) bond motifs is 1. The van der Waals surface area contributed by atoms with Crippen LogP contribution in [0.2, 0.25) is 0 Å². The third-order valence-corrected chi connectivity index (χ3v) is 3.83. The lowest BCUT2D eigenvalue weighted by atomic mass is 9.92. The van der Waals surface area contributed by atoms with Crippen molar-refractivity contribution in [3.8, 4) is 0 Å². The summed E-state index contributed by atoms with van der Waals surface area (Å²) < 4.78 is 5.48. The molecule has 19 heavy (non-hydrogen) atoms. The van der Waals surface area contributed by atoms with Crippen LogP contribution in [0.4, 0.5) is 0 Å². The molecular formula is C16H17NO2. The average Bonchev–Trinajstić information content (AvgIpc) is 2.83. The quantitative estimate of drug-likeness (QED) is 0.774. The van der Waals surface area contributed by atoms with Gasteiger partial charge in [0, 0.05) is 23.3 Å². The first-order valence-corrected chi connectivity index (χ1v) is 6.68. The molecule has 3 heteroatoms. The van der Waals surface area contributed by atoms with Gasteiger partial charge in [0.1, 0.15) is 0 Å². The molecule has 98 valence electrons. The Morgan fingerprint density at radius 3 is 2.89 bits per heavy atom. The first-order chi connectivity index (χ1) is 9.15. The average molecular weight is 255 g/mol. The van der Waals surface area contributed by atoms with Gasteiger partial charge in [0.15, 0.2) is 5.78 Å². The predicted octanol–water partition coefficient (Wildman–Crippen LogP) is 3.15. The first kappa shape index (κ1) is 12.3. The predicted molar refractivity (Wildman–Crippen MR) is 74.3 cm³/mol. The summed E-state index contributed by atoms with van der Waals surface area (Å²) in [6, 6.07) is 9.73. The van der Waals surface area contributed by atoms with Gasteiger partial charge in [-0.1, -0.05) is 6.07 Å². The van der Waals surface area contributed by atoms with E-state index in [1.807, 2.05) is 44.2 Å². The van der Waals surface area contributed by atoms with Crippen molar-refractivity contribution in [2.75, 3.05) is 6.61 Å². The van der Waals surface area contributed by atoms with Crippen LogP contribution in [0.5, 0.6) is 0 Å². The van der Waals surface area contributed by atoms with Crippen LogP contribution in [0.15, 0.2) is 30.3 Å². The molecule has 0 saturated carbocycles. The van der Waals surface area contributed by atoms with Crippen molar-refractivity contribution < 1.29 is 9.53 Å². The van der Waals surface area contributed by atoms with E-state index in [1.54, 1.807) is 0 Å². The van der Waals surface area contributed by atoms with E-state index in [0.29, 0.717) is 6.61 Å². The fourth-order valence-corrected chi connectivity index (χ4v) is 2.67. The highest BCUT2D eigenvalue weighted by molar-refractivity contribution is 6.01. The zero-order valence-electron chi connectivity index (χ0n) is 11.2. The van der Waals surface area contributed by atoms with E-state index in [2.05, 4.69) is 4.98 Å². The van der Waals surface area contributed by atoms with E-state index in [-0.39, 0.29) is 17.8 Å². The summed E-state index contributed by atoms with van der Waals surface area (Å²) in [7, 11) is 0. The monoisotopic (exact) mass is 255 g/mol. The Hall–Kier alpha value is -1.74. The van der Waals surface area contributed by atoms with Crippen LogP contribution < -0.4 is 0 Å². The Kier molecular flexibility index (Phi) is 3.07. The second-order valence-corrected chi connectivity index (χ2v) is 5.20. The lowest BCUT2D eigenvalue weighted by Crippen LogP contribution is -2.21. The number of hydrogen-bond acceptors (Lipinski definition) is 3. The van der Waals surface area contributed by atoms with Crippen LogP contribution >= 0.6 is 0 Å². The van der Waals surface area contributed by atoms with Gasteiger partial charge in [-0.05, 0) is 44.5 Å². The van der Waals surface area contributed by atoms with Gasteiger partial charge in [-0.15, -0.1) is 0 Å². The molecule has 2 aromatic rings. The van der Waals surface area contributed by atoms with Gasteiger partial charge in [0.2, 0.25) is 0 Å². The number of ketones is 1. The highest BCUT2D eigenvalue weighted by atomic mass is 16.5. The van der Waals surface area contributed by atoms with Gasteiger partial charge in [-0.25, -0.2) is 0 Å². The number of benzene rings is 1. The topological polar surface area (TPSA) is 39.2 Å². The molecule has 1 aromatic carbocycles. The molecule has 2 heterocycles. The maximum Gasteiger partial charge on any atom is 0.168 e. The number of Topliss-reactive ketones (excluding diaryl/α,β-unsaturated/α-hetero) is 1. The van der Waals surface area contributed by atoms with Gasteiger partial charge in [-0.2, -0.15) is 0 Å². The van der Waals surface area contributed by atoms with Crippen molar-refractivity contribution in [1.82, 2.24) is 4.98 Å². The van der Waals surface area contributed by atoms with Crippen LogP contribution in [0.1, 0.15) is 29.4 Å². The number of aryl methyl sites for hydroxylation is 1. The molecular weight excluding hydrogens is 238 g/mol. The van der Waals surface area contributed by atoms with Crippen LogP contribution in [0.3, 0.4) is 0 Å². The Morgan fingerprint density at radius 1 is 1.32 bits per heavy atom. The summed E-state index contributed by atoms with van der Waals surface area (Å²) >= 11 is 0. The molecule has 1 aliphatic heterocycles. The van der Waals surface area contributed by atoms with Crippen molar-refractivity contribution >= 4 is 16.7 Å². The van der Waals surface area contributed by atoms with E-state index >= 15 is 0 Å². The van der Waals surface area contributed by atoms with Crippen molar-refractivity contribution in [2.24, 2.45) is 5.92 Å². The van der Waals surface area contributed by atoms with Gasteiger partial charge in [0.05, 0.1) is 17.5 Å². The van der Waals surface area contributed by atoms with Crippen LogP contribution in [-0.4, -0.2) is 23.5 Å². The lowest BCUT2D eigenvalue weighted by molar-refractivity contribution is 0.0764. The molecule has 1 saturated heterocycles. The molecule has 2 unspecified atom stereocenters. The maximum absolute atomic E-state index is 12.5. The SMILES string of the molecule is Cc1ccc2cc(C(=O)C3CCOC3C)ccc2n1. The third kappa shape index (κ3) is 2.26. The van der Waals surface area contributed by atoms with Crippen molar-refractivity contribution in [3.63, 3.8) is 0 Å². The Bertz CT molecular complexity index is 636. The van der Waals surface area contributed by atoms with Crippen molar-refractivity contribution in [2.45, 2.75) is 26.4 Å². The van der Waals surface area contributed by atoms with E-state index < -0.39 is 0 Å². The smallest absolute Gasteiger partial charge is 0.168 e. The van der Waals surface area contributed by atoms with Gasteiger partial charge in [0.25, 0.3) is 0 Å². The molecule has 0 amide bonds. The summed E-state index contributed by atoms with van der Waals surface area (Å²) in [4.78, 5) is 16.9. The number of carbonyl (C=O) groups excluding carboxylic acids is 1. The zero-order valence-corrected chi connectivity index (χ0v) is 11.2.